The molecule has 6 aromatic rings. The van der Waals surface area contributed by atoms with E-state index in [0.717, 1.165) is 61.3 Å². The van der Waals surface area contributed by atoms with Crippen LogP contribution in [0.25, 0.3) is 45.6 Å². The summed E-state index contributed by atoms with van der Waals surface area (Å²) in [6, 6.07) is 29.8. The van der Waals surface area contributed by atoms with Gasteiger partial charge >= 0.3 is 0 Å². The van der Waals surface area contributed by atoms with Crippen molar-refractivity contribution in [1.29, 1.82) is 0 Å². The van der Waals surface area contributed by atoms with Crippen molar-refractivity contribution in [3.63, 3.8) is 0 Å². The smallest absolute Gasteiger partial charge is 0.220 e. The maximum absolute atomic E-state index is 12.7. The van der Waals surface area contributed by atoms with E-state index >= 15 is 0 Å². The molecule has 0 saturated carbocycles. The maximum atomic E-state index is 12.7. The number of amides is 2. The van der Waals surface area contributed by atoms with Crippen molar-refractivity contribution in [3.8, 4) is 57.1 Å². The quantitative estimate of drug-likeness (QED) is 0.0682. The molecular formula is C46H50N8O4. The minimum Gasteiger partial charge on any atom is -0.491 e. The molecule has 0 fully saturated rings. The molecule has 298 valence electrons. The number of ether oxygens (including phenoxy) is 2. The summed E-state index contributed by atoms with van der Waals surface area (Å²) in [5.41, 5.74) is 5.68. The third kappa shape index (κ3) is 13.0. The van der Waals surface area contributed by atoms with Crippen LogP contribution in [-0.4, -0.2) is 67.0 Å². The molecule has 0 aliphatic carbocycles. The average molecular weight is 779 g/mol. The zero-order valence-corrected chi connectivity index (χ0v) is 33.1. The van der Waals surface area contributed by atoms with Gasteiger partial charge in [0.25, 0.3) is 0 Å². The molecule has 0 spiro atoms. The molecule has 0 aliphatic rings. The lowest BCUT2D eigenvalue weighted by atomic mass is 10.1. The van der Waals surface area contributed by atoms with E-state index in [1.165, 1.54) is 0 Å². The van der Waals surface area contributed by atoms with Crippen LogP contribution in [0.5, 0.6) is 11.5 Å². The Hall–Kier alpha value is -6.56. The third-order valence-corrected chi connectivity index (χ3v) is 9.18. The summed E-state index contributed by atoms with van der Waals surface area (Å²) in [6.45, 7) is 4.49. The van der Waals surface area contributed by atoms with Crippen molar-refractivity contribution in [1.82, 2.24) is 40.5 Å². The highest BCUT2D eigenvalue weighted by molar-refractivity contribution is 5.76. The van der Waals surface area contributed by atoms with Crippen LogP contribution in [0.4, 0.5) is 0 Å². The van der Waals surface area contributed by atoms with Crippen LogP contribution in [0.2, 0.25) is 0 Å². The molecule has 0 saturated heterocycles. The van der Waals surface area contributed by atoms with Crippen LogP contribution in [0.15, 0.2) is 122 Å². The zero-order chi connectivity index (χ0) is 40.4. The van der Waals surface area contributed by atoms with E-state index in [1.807, 2.05) is 111 Å². The number of nitrogens with one attached hydrogen (secondary N) is 2. The highest BCUT2D eigenvalue weighted by atomic mass is 16.5. The molecule has 0 aromatic carbocycles. The molecule has 0 aliphatic heterocycles. The van der Waals surface area contributed by atoms with E-state index in [9.17, 15) is 9.59 Å². The van der Waals surface area contributed by atoms with Gasteiger partial charge in [-0.2, -0.15) is 0 Å². The van der Waals surface area contributed by atoms with Gasteiger partial charge in [-0.05, 0) is 75.2 Å². The lowest BCUT2D eigenvalue weighted by Crippen LogP contribution is -2.36. The van der Waals surface area contributed by atoms with Crippen molar-refractivity contribution >= 4 is 11.8 Å². The molecule has 0 bridgehead atoms. The fourth-order valence-corrected chi connectivity index (χ4v) is 6.26. The van der Waals surface area contributed by atoms with E-state index in [0.29, 0.717) is 60.3 Å². The Balaban J connectivity index is 0.843. The second-order valence-electron chi connectivity index (χ2n) is 14.2. The predicted molar refractivity (Wildman–Crippen MR) is 225 cm³/mol. The van der Waals surface area contributed by atoms with Crippen molar-refractivity contribution in [2.75, 3.05) is 13.2 Å². The van der Waals surface area contributed by atoms with Crippen LogP contribution < -0.4 is 20.1 Å². The number of carbonyl (C=O) groups excluding carboxylic acids is 2. The molecule has 12 heteroatoms. The Labute approximate surface area is 340 Å². The molecule has 58 heavy (non-hydrogen) atoms. The largest absolute Gasteiger partial charge is 0.491 e. The summed E-state index contributed by atoms with van der Waals surface area (Å²) >= 11 is 0. The van der Waals surface area contributed by atoms with Crippen LogP contribution in [0.1, 0.15) is 65.2 Å². The van der Waals surface area contributed by atoms with Gasteiger partial charge < -0.3 is 20.1 Å². The van der Waals surface area contributed by atoms with Crippen LogP contribution >= 0.6 is 0 Å². The van der Waals surface area contributed by atoms with Gasteiger partial charge in [0.15, 0.2) is 0 Å². The minimum absolute atomic E-state index is 0.00941. The number of nitrogens with zero attached hydrogens (tertiary/aromatic N) is 6. The van der Waals surface area contributed by atoms with Crippen molar-refractivity contribution in [3.05, 3.63) is 122 Å². The molecule has 12 nitrogen and oxygen atoms in total. The Morgan fingerprint density at radius 1 is 0.466 bits per heavy atom. The van der Waals surface area contributed by atoms with Crippen molar-refractivity contribution < 1.29 is 19.1 Å². The highest BCUT2D eigenvalue weighted by Crippen LogP contribution is 2.28. The molecule has 6 rings (SSSR count). The average Bonchev–Trinajstić information content (AvgIpc) is 3.27. The van der Waals surface area contributed by atoms with E-state index in [-0.39, 0.29) is 23.9 Å². The number of hydrogen-bond donors (Lipinski definition) is 2. The predicted octanol–water partition coefficient (Wildman–Crippen LogP) is 8.31. The van der Waals surface area contributed by atoms with Gasteiger partial charge in [-0.1, -0.05) is 49.9 Å². The van der Waals surface area contributed by atoms with Gasteiger partial charge in [-0.15, -0.1) is 0 Å². The van der Waals surface area contributed by atoms with Crippen LogP contribution in [0, 0.1) is 0 Å². The molecule has 0 radical (unpaired) electrons. The number of aromatic nitrogens is 6. The maximum Gasteiger partial charge on any atom is 0.220 e. The second kappa shape index (κ2) is 21.7. The third-order valence-electron chi connectivity index (χ3n) is 9.18. The number of rotatable bonds is 21. The first-order valence-electron chi connectivity index (χ1n) is 19.9. The standard InChI is InChI=1S/C46H50N8O4/c1-33(31-57-35-27-41(37-17-9-13-23-47-37)53-42(28-35)38-18-10-14-24-48-38)51-45(55)21-7-5-3-4-6-8-22-46(56)52-34(2)32-58-36-29-43(39-19-11-15-25-49-39)54-44(30-36)40-20-12-16-26-50-40/h9-20,23-30,33-34H,3-8,21-22,31-32H2,1-2H3,(H,51,55)(H,52,56). The van der Waals surface area contributed by atoms with E-state index in [1.54, 1.807) is 24.8 Å². The number of pyridine rings is 6. The van der Waals surface area contributed by atoms with Crippen LogP contribution in [-0.2, 0) is 9.59 Å². The summed E-state index contributed by atoms with van der Waals surface area (Å²) < 4.78 is 12.3. The number of carbonyl (C=O) groups is 2. The summed E-state index contributed by atoms with van der Waals surface area (Å²) in [5.74, 6) is 1.28. The van der Waals surface area contributed by atoms with E-state index in [4.69, 9.17) is 19.4 Å². The minimum atomic E-state index is -0.177. The fraction of sp³-hybridized carbons (Fsp3) is 0.304. The van der Waals surface area contributed by atoms with Gasteiger partial charge in [0.2, 0.25) is 11.8 Å². The topological polar surface area (TPSA) is 154 Å². The van der Waals surface area contributed by atoms with E-state index in [2.05, 4.69) is 30.6 Å². The van der Waals surface area contributed by atoms with Crippen LogP contribution in [0.3, 0.4) is 0 Å². The monoisotopic (exact) mass is 778 g/mol. The SMILES string of the molecule is CC(COc1cc(-c2ccccn2)nc(-c2ccccn2)c1)NC(=O)CCCCCCCCC(=O)NC(C)COc1cc(-c2ccccn2)nc(-c2ccccn2)c1. The number of unbranched alkanes of at least 4 members (excludes halogenated alkanes) is 5. The Bertz CT molecular complexity index is 1910. The van der Waals surface area contributed by atoms with Crippen molar-refractivity contribution in [2.45, 2.75) is 77.3 Å². The Morgan fingerprint density at radius 3 is 1.07 bits per heavy atom. The second-order valence-corrected chi connectivity index (χ2v) is 14.2. The molecule has 6 heterocycles. The molecule has 2 amide bonds. The fourth-order valence-electron chi connectivity index (χ4n) is 6.26. The summed E-state index contributed by atoms with van der Waals surface area (Å²) in [7, 11) is 0. The zero-order valence-electron chi connectivity index (χ0n) is 33.1. The molecule has 6 aromatic heterocycles. The van der Waals surface area contributed by atoms with Gasteiger partial charge in [0.05, 0.1) is 57.6 Å². The summed E-state index contributed by atoms with van der Waals surface area (Å²) in [6.07, 6.45) is 13.4. The molecule has 2 N–H and O–H groups in total. The molecular weight excluding hydrogens is 729 g/mol. The lowest BCUT2D eigenvalue weighted by molar-refractivity contribution is -0.122. The molecule has 2 atom stereocenters. The Morgan fingerprint density at radius 2 is 0.776 bits per heavy atom. The van der Waals surface area contributed by atoms with E-state index < -0.39 is 0 Å². The first kappa shape index (κ1) is 41.1. The van der Waals surface area contributed by atoms with Gasteiger partial charge in [-0.3, -0.25) is 29.5 Å². The summed E-state index contributed by atoms with van der Waals surface area (Å²) in [4.78, 5) is 52.6. The molecule has 2 unspecified atom stereocenters. The number of hydrogen-bond acceptors (Lipinski definition) is 10. The van der Waals surface area contributed by atoms with Crippen molar-refractivity contribution in [2.24, 2.45) is 0 Å². The normalized spacial score (nSPS) is 12.0. The first-order chi connectivity index (χ1) is 28.4. The van der Waals surface area contributed by atoms with Gasteiger partial charge in [0.1, 0.15) is 24.7 Å². The Kier molecular flexibility index (Phi) is 15.3. The summed E-state index contributed by atoms with van der Waals surface area (Å²) in [5, 5.41) is 6.11. The van der Waals surface area contributed by atoms with Gasteiger partial charge in [0, 0.05) is 61.9 Å². The highest BCUT2D eigenvalue weighted by Gasteiger charge is 2.14. The van der Waals surface area contributed by atoms with Gasteiger partial charge in [-0.25, -0.2) is 9.97 Å². The lowest BCUT2D eigenvalue weighted by Gasteiger charge is -2.16. The first-order valence-corrected chi connectivity index (χ1v) is 19.9.